The lowest BCUT2D eigenvalue weighted by molar-refractivity contribution is 0.831. The zero-order chi connectivity index (χ0) is 13.2. The maximum absolute atomic E-state index is 6.25. The van der Waals surface area contributed by atoms with Crippen LogP contribution < -0.4 is 0 Å². The average Bonchev–Trinajstić information content (AvgIpc) is 2.85. The zero-order valence-electron chi connectivity index (χ0n) is 10.9. The van der Waals surface area contributed by atoms with Crippen LogP contribution in [0.15, 0.2) is 54.7 Å². The molecule has 0 spiro atoms. The van der Waals surface area contributed by atoms with E-state index in [0.717, 1.165) is 23.6 Å². The molecule has 0 aliphatic heterocycles. The highest BCUT2D eigenvalue weighted by Crippen LogP contribution is 2.24. The predicted molar refractivity (Wildman–Crippen MR) is 81.9 cm³/mol. The number of hydrogen-bond donors (Lipinski definition) is 0. The third-order valence-corrected chi connectivity index (χ3v) is 3.92. The second kappa shape index (κ2) is 5.10. The largest absolute Gasteiger partial charge is 0.343 e. The lowest BCUT2D eigenvalue weighted by Gasteiger charge is -2.10. The van der Waals surface area contributed by atoms with Crippen molar-refractivity contribution in [3.63, 3.8) is 0 Å². The molecular formula is C17H16ClN. The Kier molecular flexibility index (Phi) is 3.31. The molecule has 0 saturated carbocycles. The lowest BCUT2D eigenvalue weighted by atomic mass is 10.1. The molecule has 96 valence electrons. The molecular weight excluding hydrogens is 254 g/mol. The van der Waals surface area contributed by atoms with Crippen molar-refractivity contribution in [1.29, 1.82) is 0 Å². The van der Waals surface area contributed by atoms with Crippen molar-refractivity contribution >= 4 is 22.5 Å². The molecule has 0 fully saturated rings. The minimum Gasteiger partial charge on any atom is -0.343 e. The maximum atomic E-state index is 6.25. The van der Waals surface area contributed by atoms with E-state index in [-0.39, 0.29) is 0 Å². The van der Waals surface area contributed by atoms with Gasteiger partial charge >= 0.3 is 0 Å². The van der Waals surface area contributed by atoms with Gasteiger partial charge in [0.05, 0.1) is 5.52 Å². The summed E-state index contributed by atoms with van der Waals surface area (Å²) in [7, 11) is 0. The van der Waals surface area contributed by atoms with E-state index in [1.807, 2.05) is 18.2 Å². The van der Waals surface area contributed by atoms with Gasteiger partial charge in [-0.25, -0.2) is 0 Å². The normalized spacial score (nSPS) is 11.1. The molecule has 3 rings (SSSR count). The Morgan fingerprint density at radius 2 is 1.74 bits per heavy atom. The van der Waals surface area contributed by atoms with Crippen LogP contribution in [0.3, 0.4) is 0 Å². The number of para-hydroxylation sites is 1. The number of aryl methyl sites for hydroxylation is 1. The lowest BCUT2D eigenvalue weighted by Crippen LogP contribution is -2.00. The molecule has 0 radical (unpaired) electrons. The number of benzene rings is 2. The standard InChI is InChI=1S/C17H16ClN/c1-2-13-7-5-8-14-10-11-19(17(13)14)12-15-6-3-4-9-16(15)18/h3-11H,2,12H2,1H3. The molecule has 0 saturated heterocycles. The summed E-state index contributed by atoms with van der Waals surface area (Å²) in [5, 5.41) is 2.13. The number of rotatable bonds is 3. The number of fused-ring (bicyclic) bond motifs is 1. The Hall–Kier alpha value is -1.73. The van der Waals surface area contributed by atoms with E-state index < -0.39 is 0 Å². The highest BCUT2D eigenvalue weighted by Gasteiger charge is 2.07. The average molecular weight is 270 g/mol. The molecule has 0 N–H and O–H groups in total. The van der Waals surface area contributed by atoms with Gasteiger partial charge in [0.2, 0.25) is 0 Å². The first kappa shape index (κ1) is 12.3. The molecule has 0 amide bonds. The van der Waals surface area contributed by atoms with Gasteiger partial charge in [-0.1, -0.05) is 54.9 Å². The molecule has 0 atom stereocenters. The van der Waals surface area contributed by atoms with Crippen LogP contribution in [0.1, 0.15) is 18.1 Å². The van der Waals surface area contributed by atoms with Gasteiger partial charge in [-0.05, 0) is 35.1 Å². The van der Waals surface area contributed by atoms with Crippen LogP contribution in [0.5, 0.6) is 0 Å². The Morgan fingerprint density at radius 3 is 2.53 bits per heavy atom. The molecule has 1 nitrogen and oxygen atoms in total. The molecule has 0 aliphatic rings. The maximum Gasteiger partial charge on any atom is 0.0515 e. The van der Waals surface area contributed by atoms with Crippen molar-refractivity contribution in [3.05, 3.63) is 70.9 Å². The van der Waals surface area contributed by atoms with E-state index in [4.69, 9.17) is 11.6 Å². The fourth-order valence-electron chi connectivity index (χ4n) is 2.57. The van der Waals surface area contributed by atoms with Crippen molar-refractivity contribution < 1.29 is 0 Å². The molecule has 19 heavy (non-hydrogen) atoms. The molecule has 2 heteroatoms. The fourth-order valence-corrected chi connectivity index (χ4v) is 2.76. The summed E-state index contributed by atoms with van der Waals surface area (Å²) in [6, 6.07) is 16.7. The van der Waals surface area contributed by atoms with Crippen molar-refractivity contribution in [2.75, 3.05) is 0 Å². The first-order chi connectivity index (χ1) is 9.29. The van der Waals surface area contributed by atoms with Gasteiger partial charge in [0.1, 0.15) is 0 Å². The Morgan fingerprint density at radius 1 is 0.947 bits per heavy atom. The van der Waals surface area contributed by atoms with Crippen LogP contribution in [0.4, 0.5) is 0 Å². The van der Waals surface area contributed by atoms with Crippen LogP contribution in [0.2, 0.25) is 5.02 Å². The minimum atomic E-state index is 0.820. The van der Waals surface area contributed by atoms with Crippen molar-refractivity contribution in [2.24, 2.45) is 0 Å². The fraction of sp³-hybridized carbons (Fsp3) is 0.176. The molecule has 2 aromatic carbocycles. The van der Waals surface area contributed by atoms with E-state index in [2.05, 4.69) is 48.0 Å². The molecule has 3 aromatic rings. The molecule has 0 aliphatic carbocycles. The third-order valence-electron chi connectivity index (χ3n) is 3.55. The number of nitrogens with zero attached hydrogens (tertiary/aromatic N) is 1. The van der Waals surface area contributed by atoms with Crippen molar-refractivity contribution in [2.45, 2.75) is 19.9 Å². The van der Waals surface area contributed by atoms with Gasteiger partial charge in [0.15, 0.2) is 0 Å². The number of hydrogen-bond acceptors (Lipinski definition) is 0. The predicted octanol–water partition coefficient (Wildman–Crippen LogP) is 4.91. The molecule has 0 unspecified atom stereocenters. The summed E-state index contributed by atoms with van der Waals surface area (Å²) in [4.78, 5) is 0. The summed E-state index contributed by atoms with van der Waals surface area (Å²) in [6.07, 6.45) is 3.19. The zero-order valence-corrected chi connectivity index (χ0v) is 11.7. The molecule has 1 aromatic heterocycles. The monoisotopic (exact) mass is 269 g/mol. The SMILES string of the molecule is CCc1cccc2ccn(Cc3ccccc3Cl)c12. The molecule has 1 heterocycles. The van der Waals surface area contributed by atoms with Crippen LogP contribution >= 0.6 is 11.6 Å². The van der Waals surface area contributed by atoms with Crippen LogP contribution in [-0.4, -0.2) is 4.57 Å². The van der Waals surface area contributed by atoms with Gasteiger partial charge in [0.25, 0.3) is 0 Å². The summed E-state index contributed by atoms with van der Waals surface area (Å²) in [5.74, 6) is 0. The Labute approximate surface area is 118 Å². The van der Waals surface area contributed by atoms with Gasteiger partial charge < -0.3 is 4.57 Å². The number of aromatic nitrogens is 1. The Bertz CT molecular complexity index is 712. The highest BCUT2D eigenvalue weighted by molar-refractivity contribution is 6.31. The quantitative estimate of drug-likeness (QED) is 0.637. The first-order valence-corrected chi connectivity index (χ1v) is 6.97. The smallest absolute Gasteiger partial charge is 0.0515 e. The highest BCUT2D eigenvalue weighted by atomic mass is 35.5. The van der Waals surface area contributed by atoms with E-state index in [1.165, 1.54) is 16.5 Å². The van der Waals surface area contributed by atoms with Gasteiger partial charge in [-0.15, -0.1) is 0 Å². The van der Waals surface area contributed by atoms with E-state index in [1.54, 1.807) is 0 Å². The number of halogens is 1. The first-order valence-electron chi connectivity index (χ1n) is 6.59. The van der Waals surface area contributed by atoms with Gasteiger partial charge in [0, 0.05) is 17.8 Å². The summed E-state index contributed by atoms with van der Waals surface area (Å²) in [5.41, 5.74) is 3.87. The van der Waals surface area contributed by atoms with Crippen molar-refractivity contribution in [3.8, 4) is 0 Å². The van der Waals surface area contributed by atoms with Crippen LogP contribution in [0, 0.1) is 0 Å². The van der Waals surface area contributed by atoms with E-state index >= 15 is 0 Å². The van der Waals surface area contributed by atoms with Crippen LogP contribution in [0.25, 0.3) is 10.9 Å². The topological polar surface area (TPSA) is 4.93 Å². The third kappa shape index (κ3) is 2.26. The Balaban J connectivity index is 2.09. The van der Waals surface area contributed by atoms with Crippen LogP contribution in [-0.2, 0) is 13.0 Å². The van der Waals surface area contributed by atoms with E-state index in [0.29, 0.717) is 0 Å². The summed E-state index contributed by atoms with van der Waals surface area (Å²) in [6.45, 7) is 3.02. The second-order valence-electron chi connectivity index (χ2n) is 4.74. The minimum absolute atomic E-state index is 0.820. The summed E-state index contributed by atoms with van der Waals surface area (Å²) < 4.78 is 2.29. The summed E-state index contributed by atoms with van der Waals surface area (Å²) >= 11 is 6.25. The van der Waals surface area contributed by atoms with E-state index in [9.17, 15) is 0 Å². The van der Waals surface area contributed by atoms with Crippen molar-refractivity contribution in [1.82, 2.24) is 4.57 Å². The second-order valence-corrected chi connectivity index (χ2v) is 5.15. The molecule has 0 bridgehead atoms. The van der Waals surface area contributed by atoms with Gasteiger partial charge in [-0.2, -0.15) is 0 Å². The van der Waals surface area contributed by atoms with Gasteiger partial charge in [-0.3, -0.25) is 0 Å².